The Morgan fingerprint density at radius 3 is 2.62 bits per heavy atom. The van der Waals surface area contributed by atoms with Gasteiger partial charge in [-0.05, 0) is 0 Å². The number of rotatable bonds is 4. The third kappa shape index (κ3) is 4.34. The van der Waals surface area contributed by atoms with Crippen molar-refractivity contribution in [2.75, 3.05) is 13.3 Å². The van der Waals surface area contributed by atoms with E-state index in [2.05, 4.69) is 13.8 Å². The molecule has 0 fully saturated rings. The Bertz CT molecular complexity index is 47.8. The van der Waals surface area contributed by atoms with Gasteiger partial charge in [-0.3, -0.25) is 0 Å². The Kier molecular flexibility index (Phi) is 5.43. The third-order valence-corrected chi connectivity index (χ3v) is 3.72. The predicted molar refractivity (Wildman–Crippen MR) is 40.1 cm³/mol. The Labute approximate surface area is 54.3 Å². The van der Waals surface area contributed by atoms with Crippen LogP contribution in [0.25, 0.3) is 0 Å². The van der Waals surface area contributed by atoms with E-state index in [1.807, 2.05) is 0 Å². The molecule has 0 aliphatic carbocycles. The molecule has 0 saturated heterocycles. The van der Waals surface area contributed by atoms with Crippen LogP contribution >= 0.6 is 0 Å². The second-order valence-electron chi connectivity index (χ2n) is 2.29. The van der Waals surface area contributed by atoms with Crippen molar-refractivity contribution >= 4 is 9.52 Å². The van der Waals surface area contributed by atoms with Crippen molar-refractivity contribution < 1.29 is 4.74 Å². The Balaban J connectivity index is 2.86. The summed E-state index contributed by atoms with van der Waals surface area (Å²) in [6.45, 7) is 4.55. The van der Waals surface area contributed by atoms with Crippen molar-refractivity contribution in [1.29, 1.82) is 0 Å². The van der Waals surface area contributed by atoms with Crippen LogP contribution in [-0.2, 0) is 4.74 Å². The minimum atomic E-state index is 0.113. The first-order valence-electron chi connectivity index (χ1n) is 3.30. The number of ether oxygens (including phenoxy) is 1. The van der Waals surface area contributed by atoms with Gasteiger partial charge >= 0.3 is 0 Å². The number of hydrogen-bond donors (Lipinski definition) is 0. The van der Waals surface area contributed by atoms with E-state index in [1.165, 1.54) is 6.42 Å². The minimum absolute atomic E-state index is 0.113. The molecule has 1 unspecified atom stereocenters. The van der Waals surface area contributed by atoms with Crippen molar-refractivity contribution in [3.8, 4) is 0 Å². The second-order valence-corrected chi connectivity index (χ2v) is 4.67. The average molecular weight is 132 g/mol. The van der Waals surface area contributed by atoms with Crippen molar-refractivity contribution in [3.63, 3.8) is 0 Å². The maximum atomic E-state index is 4.98. The minimum Gasteiger partial charge on any atom is -0.389 e. The van der Waals surface area contributed by atoms with E-state index in [4.69, 9.17) is 4.74 Å². The molecule has 0 N–H and O–H groups in total. The Hall–Kier alpha value is 0.177. The molecule has 0 bridgehead atoms. The van der Waals surface area contributed by atoms with E-state index in [-0.39, 0.29) is 9.52 Å². The zero-order valence-corrected chi connectivity index (χ0v) is 7.52. The first-order chi connectivity index (χ1) is 3.81. The van der Waals surface area contributed by atoms with Gasteiger partial charge < -0.3 is 4.74 Å². The topological polar surface area (TPSA) is 9.23 Å². The van der Waals surface area contributed by atoms with Gasteiger partial charge in [0.2, 0.25) is 0 Å². The summed E-state index contributed by atoms with van der Waals surface area (Å²) in [4.78, 5) is 0. The third-order valence-electron chi connectivity index (χ3n) is 1.51. The fraction of sp³-hybridized carbons (Fsp3) is 1.00. The Morgan fingerprint density at radius 1 is 1.62 bits per heavy atom. The van der Waals surface area contributed by atoms with E-state index >= 15 is 0 Å². The maximum Gasteiger partial charge on any atom is 0.0544 e. The van der Waals surface area contributed by atoms with E-state index in [0.29, 0.717) is 0 Å². The van der Waals surface area contributed by atoms with Gasteiger partial charge in [-0.25, -0.2) is 0 Å². The summed E-state index contributed by atoms with van der Waals surface area (Å²) >= 11 is 0. The zero-order valence-electron chi connectivity index (χ0n) is 6.11. The smallest absolute Gasteiger partial charge is 0.0544 e. The molecule has 0 aromatic heterocycles. The molecule has 0 aliphatic rings. The lowest BCUT2D eigenvalue weighted by molar-refractivity contribution is 0.250. The fourth-order valence-corrected chi connectivity index (χ4v) is 1.57. The molecule has 50 valence electrons. The molecule has 8 heavy (non-hydrogen) atoms. The van der Waals surface area contributed by atoms with Gasteiger partial charge in [0.15, 0.2) is 0 Å². The summed E-state index contributed by atoms with van der Waals surface area (Å²) in [6.07, 6.45) is 2.38. The summed E-state index contributed by atoms with van der Waals surface area (Å²) in [6, 6.07) is 0. The van der Waals surface area contributed by atoms with Gasteiger partial charge in [-0.15, -0.1) is 0 Å². The van der Waals surface area contributed by atoms with Gasteiger partial charge in [0, 0.05) is 13.3 Å². The summed E-state index contributed by atoms with van der Waals surface area (Å²) in [5.41, 5.74) is 0.968. The second kappa shape index (κ2) is 5.32. The normalized spacial score (nSPS) is 15.4. The molecule has 0 rings (SSSR count). The molecular weight excluding hydrogens is 116 g/mol. The molecule has 0 radical (unpaired) electrons. The van der Waals surface area contributed by atoms with Crippen LogP contribution in [-0.4, -0.2) is 22.9 Å². The van der Waals surface area contributed by atoms with Crippen LogP contribution in [0, 0.1) is 0 Å². The van der Waals surface area contributed by atoms with E-state index in [9.17, 15) is 0 Å². The van der Waals surface area contributed by atoms with Gasteiger partial charge in [-0.1, -0.05) is 25.8 Å². The predicted octanol–water partition coefficient (Wildman–Crippen LogP) is 0.977. The molecule has 2 heteroatoms. The van der Waals surface area contributed by atoms with Crippen molar-refractivity contribution in [2.24, 2.45) is 0 Å². The van der Waals surface area contributed by atoms with Crippen LogP contribution in [0.15, 0.2) is 0 Å². The maximum absolute atomic E-state index is 4.98. The van der Waals surface area contributed by atoms with E-state index in [1.54, 1.807) is 7.11 Å². The highest BCUT2D eigenvalue weighted by molar-refractivity contribution is 6.37. The zero-order chi connectivity index (χ0) is 6.41. The number of methoxy groups -OCH3 is 1. The molecule has 0 heterocycles. The molecule has 0 amide bonds. The highest BCUT2D eigenvalue weighted by Gasteiger charge is 1.96. The summed E-state index contributed by atoms with van der Waals surface area (Å²) in [5, 5.41) is 0. The lowest BCUT2D eigenvalue weighted by Crippen LogP contribution is -2.05. The lowest BCUT2D eigenvalue weighted by atomic mass is 10.4. The van der Waals surface area contributed by atoms with Gasteiger partial charge in [0.25, 0.3) is 0 Å². The van der Waals surface area contributed by atoms with Crippen LogP contribution in [0.4, 0.5) is 0 Å². The monoisotopic (exact) mass is 132 g/mol. The molecule has 0 saturated carbocycles. The summed E-state index contributed by atoms with van der Waals surface area (Å²) in [7, 11) is 1.90. The molecular formula is C6H16OSi. The van der Waals surface area contributed by atoms with Crippen LogP contribution in [0.3, 0.4) is 0 Å². The first kappa shape index (κ1) is 8.18. The molecule has 0 spiro atoms. The van der Waals surface area contributed by atoms with Crippen molar-refractivity contribution in [2.45, 2.75) is 25.8 Å². The van der Waals surface area contributed by atoms with Crippen LogP contribution in [0.5, 0.6) is 0 Å². The molecule has 0 aromatic carbocycles. The SMILES string of the molecule is CCC(C)[SiH2]COC. The molecule has 1 atom stereocenters. The van der Waals surface area contributed by atoms with E-state index < -0.39 is 0 Å². The quantitative estimate of drug-likeness (QED) is 0.518. The highest BCUT2D eigenvalue weighted by atomic mass is 28.2. The molecule has 0 aromatic rings. The van der Waals surface area contributed by atoms with Crippen molar-refractivity contribution in [3.05, 3.63) is 0 Å². The average Bonchev–Trinajstić information content (AvgIpc) is 1.83. The van der Waals surface area contributed by atoms with Crippen LogP contribution < -0.4 is 0 Å². The van der Waals surface area contributed by atoms with Gasteiger partial charge in [0.05, 0.1) is 9.52 Å². The van der Waals surface area contributed by atoms with Crippen LogP contribution in [0.1, 0.15) is 20.3 Å². The van der Waals surface area contributed by atoms with Gasteiger partial charge in [0.1, 0.15) is 0 Å². The fourth-order valence-electron chi connectivity index (χ4n) is 0.523. The summed E-state index contributed by atoms with van der Waals surface area (Å²) in [5.74, 6) is 0. The molecule has 1 nitrogen and oxygen atoms in total. The highest BCUT2D eigenvalue weighted by Crippen LogP contribution is 2.04. The first-order valence-corrected chi connectivity index (χ1v) is 5.11. The van der Waals surface area contributed by atoms with Crippen LogP contribution in [0.2, 0.25) is 5.54 Å². The lowest BCUT2D eigenvalue weighted by Gasteiger charge is -2.03. The van der Waals surface area contributed by atoms with Crippen molar-refractivity contribution in [1.82, 2.24) is 0 Å². The summed E-state index contributed by atoms with van der Waals surface area (Å²) < 4.78 is 4.98. The largest absolute Gasteiger partial charge is 0.389 e. The number of hydrogen-bond acceptors (Lipinski definition) is 1. The Morgan fingerprint density at radius 2 is 2.25 bits per heavy atom. The molecule has 0 aliphatic heterocycles. The van der Waals surface area contributed by atoms with Gasteiger partial charge in [-0.2, -0.15) is 0 Å². The van der Waals surface area contributed by atoms with E-state index in [0.717, 1.165) is 11.8 Å². The standard InChI is InChI=1S/C6H16OSi/c1-4-6(2)8-5-7-3/h6H,4-5,8H2,1-3H3.